The molecule has 0 aliphatic heterocycles. The summed E-state index contributed by atoms with van der Waals surface area (Å²) >= 11 is 3.46. The summed E-state index contributed by atoms with van der Waals surface area (Å²) in [6, 6.07) is 6.18. The van der Waals surface area contributed by atoms with Crippen molar-refractivity contribution in [2.75, 3.05) is 0 Å². The standard InChI is InChI=1S/C16H20BrN3O/c1-10-8-12(17)6-7-13(10)16-19-15(21-20-16)9-14(18)11-4-2-3-5-11/h6-8,11,14H,2-5,9,18H2,1H3. The van der Waals surface area contributed by atoms with Crippen molar-refractivity contribution in [3.8, 4) is 11.4 Å². The van der Waals surface area contributed by atoms with Crippen LogP contribution in [0.4, 0.5) is 0 Å². The zero-order valence-corrected chi connectivity index (χ0v) is 13.8. The van der Waals surface area contributed by atoms with Gasteiger partial charge in [0.05, 0.1) is 0 Å². The molecule has 1 unspecified atom stereocenters. The maximum atomic E-state index is 6.27. The lowest BCUT2D eigenvalue weighted by atomic mass is 9.96. The minimum atomic E-state index is 0.131. The van der Waals surface area contributed by atoms with E-state index < -0.39 is 0 Å². The van der Waals surface area contributed by atoms with Gasteiger partial charge in [-0.3, -0.25) is 0 Å². The van der Waals surface area contributed by atoms with Crippen molar-refractivity contribution in [3.05, 3.63) is 34.1 Å². The highest BCUT2D eigenvalue weighted by Crippen LogP contribution is 2.29. The summed E-state index contributed by atoms with van der Waals surface area (Å²) in [5.74, 6) is 1.90. The fraction of sp³-hybridized carbons (Fsp3) is 0.500. The summed E-state index contributed by atoms with van der Waals surface area (Å²) in [4.78, 5) is 4.51. The lowest BCUT2D eigenvalue weighted by Gasteiger charge is -2.16. The summed E-state index contributed by atoms with van der Waals surface area (Å²) in [6.45, 7) is 2.04. The normalized spacial score (nSPS) is 17.3. The molecule has 0 bridgehead atoms. The predicted molar refractivity (Wildman–Crippen MR) is 85.8 cm³/mol. The average molecular weight is 350 g/mol. The SMILES string of the molecule is Cc1cc(Br)ccc1-c1noc(CC(N)C2CCCC2)n1. The van der Waals surface area contributed by atoms with Crippen LogP contribution in [0.5, 0.6) is 0 Å². The number of rotatable bonds is 4. The average Bonchev–Trinajstić information content (AvgIpc) is 3.09. The van der Waals surface area contributed by atoms with Crippen LogP contribution in [0.25, 0.3) is 11.4 Å². The Hall–Kier alpha value is -1.20. The van der Waals surface area contributed by atoms with E-state index >= 15 is 0 Å². The van der Waals surface area contributed by atoms with E-state index in [0.717, 1.165) is 15.6 Å². The maximum absolute atomic E-state index is 6.27. The molecule has 21 heavy (non-hydrogen) atoms. The molecule has 1 aromatic carbocycles. The Bertz CT molecular complexity index is 620. The number of aromatic nitrogens is 2. The molecule has 1 fully saturated rings. The fourth-order valence-electron chi connectivity index (χ4n) is 3.08. The highest BCUT2D eigenvalue weighted by molar-refractivity contribution is 9.10. The summed E-state index contributed by atoms with van der Waals surface area (Å²) in [5, 5.41) is 4.10. The van der Waals surface area contributed by atoms with Gasteiger partial charge < -0.3 is 10.3 Å². The lowest BCUT2D eigenvalue weighted by molar-refractivity contribution is 0.341. The molecule has 0 radical (unpaired) electrons. The van der Waals surface area contributed by atoms with Gasteiger partial charge in [0.25, 0.3) is 0 Å². The molecule has 1 heterocycles. The zero-order chi connectivity index (χ0) is 14.8. The summed E-state index contributed by atoms with van der Waals surface area (Å²) in [7, 11) is 0. The van der Waals surface area contributed by atoms with E-state index in [-0.39, 0.29) is 6.04 Å². The Morgan fingerprint density at radius 1 is 1.38 bits per heavy atom. The number of hydrogen-bond acceptors (Lipinski definition) is 4. The molecule has 0 spiro atoms. The van der Waals surface area contributed by atoms with Crippen molar-refractivity contribution >= 4 is 15.9 Å². The zero-order valence-electron chi connectivity index (χ0n) is 12.2. The maximum Gasteiger partial charge on any atom is 0.228 e. The van der Waals surface area contributed by atoms with Crippen molar-refractivity contribution in [1.82, 2.24) is 10.1 Å². The minimum Gasteiger partial charge on any atom is -0.339 e. The first-order valence-electron chi connectivity index (χ1n) is 7.48. The third-order valence-electron chi connectivity index (χ3n) is 4.31. The van der Waals surface area contributed by atoms with Gasteiger partial charge in [-0.2, -0.15) is 4.98 Å². The molecule has 3 rings (SSSR count). The Kier molecular flexibility index (Phi) is 4.40. The Balaban J connectivity index is 1.73. The molecule has 0 amide bonds. The Labute approximate surface area is 133 Å². The van der Waals surface area contributed by atoms with Crippen LogP contribution in [0.3, 0.4) is 0 Å². The molecule has 2 aromatic rings. The fourth-order valence-corrected chi connectivity index (χ4v) is 3.55. The van der Waals surface area contributed by atoms with Crippen molar-refractivity contribution in [2.45, 2.75) is 45.1 Å². The molecule has 112 valence electrons. The first-order valence-corrected chi connectivity index (χ1v) is 8.27. The van der Waals surface area contributed by atoms with Crippen LogP contribution >= 0.6 is 15.9 Å². The van der Waals surface area contributed by atoms with Crippen molar-refractivity contribution in [1.29, 1.82) is 0 Å². The first kappa shape index (κ1) is 14.7. The largest absolute Gasteiger partial charge is 0.339 e. The van der Waals surface area contributed by atoms with Gasteiger partial charge in [-0.1, -0.05) is 33.9 Å². The number of halogens is 1. The number of hydrogen-bond donors (Lipinski definition) is 1. The van der Waals surface area contributed by atoms with Crippen LogP contribution in [0.2, 0.25) is 0 Å². The van der Waals surface area contributed by atoms with Gasteiger partial charge >= 0.3 is 0 Å². The Morgan fingerprint density at radius 3 is 2.86 bits per heavy atom. The summed E-state index contributed by atoms with van der Waals surface area (Å²) in [5.41, 5.74) is 8.40. The van der Waals surface area contributed by atoms with Crippen molar-refractivity contribution in [3.63, 3.8) is 0 Å². The second kappa shape index (κ2) is 6.28. The molecule has 5 heteroatoms. The predicted octanol–water partition coefficient (Wildman–Crippen LogP) is 3.87. The Morgan fingerprint density at radius 2 is 2.14 bits per heavy atom. The number of nitrogens with two attached hydrogens (primary N) is 1. The molecule has 1 aliphatic rings. The van der Waals surface area contributed by atoms with E-state index in [1.54, 1.807) is 0 Å². The van der Waals surface area contributed by atoms with Gasteiger partial charge in [-0.15, -0.1) is 0 Å². The van der Waals surface area contributed by atoms with E-state index in [4.69, 9.17) is 10.3 Å². The van der Waals surface area contributed by atoms with E-state index in [0.29, 0.717) is 24.1 Å². The van der Waals surface area contributed by atoms with Gasteiger partial charge in [-0.05, 0) is 49.4 Å². The van der Waals surface area contributed by atoms with E-state index in [2.05, 4.69) is 32.1 Å². The second-order valence-electron chi connectivity index (χ2n) is 5.88. The molecule has 1 aromatic heterocycles. The lowest BCUT2D eigenvalue weighted by Crippen LogP contribution is -2.30. The molecule has 4 nitrogen and oxygen atoms in total. The third-order valence-corrected chi connectivity index (χ3v) is 4.81. The molecule has 1 aliphatic carbocycles. The van der Waals surface area contributed by atoms with E-state index in [1.807, 2.05) is 19.1 Å². The molecular formula is C16H20BrN3O. The van der Waals surface area contributed by atoms with Crippen molar-refractivity contribution < 1.29 is 4.52 Å². The van der Waals surface area contributed by atoms with Crippen molar-refractivity contribution in [2.24, 2.45) is 11.7 Å². The molecule has 2 N–H and O–H groups in total. The van der Waals surface area contributed by atoms with Gasteiger partial charge in [0.1, 0.15) is 0 Å². The summed E-state index contributed by atoms with van der Waals surface area (Å²) < 4.78 is 6.43. The van der Waals surface area contributed by atoms with Crippen LogP contribution in [-0.2, 0) is 6.42 Å². The second-order valence-corrected chi connectivity index (χ2v) is 6.80. The van der Waals surface area contributed by atoms with E-state index in [1.165, 1.54) is 25.7 Å². The van der Waals surface area contributed by atoms with Crippen LogP contribution in [0.1, 0.15) is 37.1 Å². The van der Waals surface area contributed by atoms with Crippen LogP contribution in [0, 0.1) is 12.8 Å². The van der Waals surface area contributed by atoms with Crippen LogP contribution in [0.15, 0.2) is 27.2 Å². The summed E-state index contributed by atoms with van der Waals surface area (Å²) in [6.07, 6.45) is 5.73. The smallest absolute Gasteiger partial charge is 0.228 e. The number of aryl methyl sites for hydroxylation is 1. The molecule has 1 atom stereocenters. The topological polar surface area (TPSA) is 64.9 Å². The van der Waals surface area contributed by atoms with Gasteiger partial charge in [-0.25, -0.2) is 0 Å². The first-order chi connectivity index (χ1) is 10.1. The van der Waals surface area contributed by atoms with Crippen LogP contribution in [-0.4, -0.2) is 16.2 Å². The number of benzene rings is 1. The van der Waals surface area contributed by atoms with Gasteiger partial charge in [0.2, 0.25) is 11.7 Å². The third kappa shape index (κ3) is 3.35. The highest BCUT2D eigenvalue weighted by atomic mass is 79.9. The van der Waals surface area contributed by atoms with Crippen LogP contribution < -0.4 is 5.73 Å². The molecule has 1 saturated carbocycles. The molecule has 0 saturated heterocycles. The van der Waals surface area contributed by atoms with E-state index in [9.17, 15) is 0 Å². The quantitative estimate of drug-likeness (QED) is 0.909. The molecular weight excluding hydrogens is 330 g/mol. The van der Waals surface area contributed by atoms with Gasteiger partial charge in [0, 0.05) is 22.5 Å². The van der Waals surface area contributed by atoms with Gasteiger partial charge in [0.15, 0.2) is 0 Å². The minimum absolute atomic E-state index is 0.131. The highest BCUT2D eigenvalue weighted by Gasteiger charge is 2.24. The number of nitrogens with zero attached hydrogens (tertiary/aromatic N) is 2. The monoisotopic (exact) mass is 349 g/mol.